The summed E-state index contributed by atoms with van der Waals surface area (Å²) in [5, 5.41) is 73.8. The Morgan fingerprint density at radius 2 is 0.729 bits per heavy atom. The number of ether oxygens (including phenoxy) is 14. The molecular formula is C38H70O21. The number of hydrogen-bond acceptors (Lipinski definition) is 21. The lowest BCUT2D eigenvalue weighted by Crippen LogP contribution is -2.68. The summed E-state index contributed by atoms with van der Waals surface area (Å²) < 4.78 is 86.2. The number of rotatable bonds is 24. The number of aliphatic hydroxyl groups is 7. The Morgan fingerprint density at radius 3 is 1.20 bits per heavy atom. The zero-order chi connectivity index (χ0) is 43.2. The van der Waals surface area contributed by atoms with Crippen molar-refractivity contribution in [3.8, 4) is 0 Å². The Hall–Kier alpha value is -0.840. The quantitative estimate of drug-likeness (QED) is 0.0531. The fraction of sp³-hybridized carbons (Fsp3) is 1.00. The smallest absolute Gasteiger partial charge is 0.187 e. The van der Waals surface area contributed by atoms with Gasteiger partial charge in [0, 0.05) is 46.2 Å². The lowest BCUT2D eigenvalue weighted by molar-refractivity contribution is -0.394. The fourth-order valence-corrected chi connectivity index (χ4v) is 7.71. The molecule has 0 aromatic heterocycles. The molecule has 21 heteroatoms. The Morgan fingerprint density at radius 1 is 0.339 bits per heavy atom. The first-order valence-electron chi connectivity index (χ1n) is 20.9. The minimum absolute atomic E-state index is 0.0481. The van der Waals surface area contributed by atoms with Gasteiger partial charge in [0.25, 0.3) is 0 Å². The topological polar surface area (TPSA) is 271 Å². The molecule has 0 saturated carbocycles. The average molecular weight is 863 g/mol. The second kappa shape index (κ2) is 25.5. The van der Waals surface area contributed by atoms with E-state index >= 15 is 0 Å². The van der Waals surface area contributed by atoms with Crippen molar-refractivity contribution in [2.24, 2.45) is 0 Å². The van der Waals surface area contributed by atoms with Gasteiger partial charge >= 0.3 is 0 Å². The van der Waals surface area contributed by atoms with Crippen molar-refractivity contribution in [3.63, 3.8) is 0 Å². The summed E-state index contributed by atoms with van der Waals surface area (Å²) in [6.45, 7) is 13.5. The minimum Gasteiger partial charge on any atom is -0.394 e. The van der Waals surface area contributed by atoms with Crippen LogP contribution >= 0.6 is 0 Å². The van der Waals surface area contributed by atoms with Crippen molar-refractivity contribution in [1.82, 2.24) is 0 Å². The van der Waals surface area contributed by atoms with Crippen LogP contribution in [0.5, 0.6) is 0 Å². The maximum absolute atomic E-state index is 11.4. The van der Waals surface area contributed by atoms with Gasteiger partial charge in [-0.05, 0) is 48.5 Å². The summed E-state index contributed by atoms with van der Waals surface area (Å²) in [6.07, 6.45) is -25.3. The van der Waals surface area contributed by atoms with Gasteiger partial charge in [0.15, 0.2) is 25.2 Å². The van der Waals surface area contributed by atoms with E-state index in [0.717, 1.165) is 0 Å². The van der Waals surface area contributed by atoms with Crippen molar-refractivity contribution in [3.05, 3.63) is 0 Å². The molecule has 4 heterocycles. The third-order valence-corrected chi connectivity index (χ3v) is 10.5. The molecule has 21 nitrogen and oxygen atoms in total. The molecule has 0 amide bonds. The highest BCUT2D eigenvalue weighted by Crippen LogP contribution is 2.37. The third-order valence-electron chi connectivity index (χ3n) is 10.5. The van der Waals surface area contributed by atoms with Crippen LogP contribution in [0.2, 0.25) is 0 Å². The van der Waals surface area contributed by atoms with Crippen LogP contribution in [0.15, 0.2) is 0 Å². The Labute approximate surface area is 345 Å². The molecule has 59 heavy (non-hydrogen) atoms. The Kier molecular flexibility index (Phi) is 21.9. The monoisotopic (exact) mass is 862 g/mol. The van der Waals surface area contributed by atoms with Crippen molar-refractivity contribution >= 4 is 0 Å². The SMILES string of the molecule is CCOC[C@H]1O[C@@H](O[C@H]2[C@H](OCC)[C@@H](OCC)C(OCC)O[C@@H]2COCC)[C@H](OCC)[C@@H](OCC)[C@@H]1O[C@@H]1O[C@H](CO)[C@@H](O[C@@H]2O[C@H](CO)[C@H](O)[C@H](O)[C@H]2O)[C@H](O)[C@H]1O. The standard InChI is InChI=1S/C38H70O21/c1-8-46-17-21-30(31(48-10-3)33(50-12-5)37(55-21)52-14-7)59-38-34(51-13-6)32(49-11-4)29(22(56-38)18-47-9-2)58-36-27(45)25(43)28(20(16-40)54-36)57-35-26(44)24(42)23(41)19(15-39)53-35/h19-45H,8-18H2,1-7H3/t19-,20-,21-,22-,23+,24+,25-,26-,27-,28-,29-,30-,31+,32+,33-,34-,35+,36+,37?,38+/m1/s1. The van der Waals surface area contributed by atoms with Crippen molar-refractivity contribution < 1.29 is 102 Å². The molecular weight excluding hydrogens is 792 g/mol. The highest BCUT2D eigenvalue weighted by atomic mass is 16.8. The van der Waals surface area contributed by atoms with Crippen LogP contribution in [0, 0.1) is 0 Å². The molecule has 4 fully saturated rings. The summed E-state index contributed by atoms with van der Waals surface area (Å²) >= 11 is 0. The second-order valence-electron chi connectivity index (χ2n) is 14.2. The molecule has 0 aromatic carbocycles. The van der Waals surface area contributed by atoms with Crippen molar-refractivity contribution in [2.45, 2.75) is 171 Å². The van der Waals surface area contributed by atoms with Gasteiger partial charge in [-0.15, -0.1) is 0 Å². The van der Waals surface area contributed by atoms with Gasteiger partial charge < -0.3 is 102 Å². The molecule has 0 spiro atoms. The van der Waals surface area contributed by atoms with Gasteiger partial charge in [-0.2, -0.15) is 0 Å². The zero-order valence-corrected chi connectivity index (χ0v) is 35.2. The first kappa shape index (κ1) is 50.8. The van der Waals surface area contributed by atoms with Crippen LogP contribution in [0.4, 0.5) is 0 Å². The van der Waals surface area contributed by atoms with Gasteiger partial charge in [0.2, 0.25) is 0 Å². The van der Waals surface area contributed by atoms with Gasteiger partial charge in [-0.3, -0.25) is 0 Å². The molecule has 1 unspecified atom stereocenters. The molecule has 0 radical (unpaired) electrons. The van der Waals surface area contributed by atoms with Gasteiger partial charge in [-0.25, -0.2) is 0 Å². The molecule has 7 N–H and O–H groups in total. The molecule has 4 aliphatic rings. The van der Waals surface area contributed by atoms with Crippen molar-refractivity contribution in [2.75, 3.05) is 72.7 Å². The van der Waals surface area contributed by atoms with E-state index in [1.54, 1.807) is 20.8 Å². The summed E-state index contributed by atoms with van der Waals surface area (Å²) in [6, 6.07) is 0. The van der Waals surface area contributed by atoms with E-state index in [0.29, 0.717) is 33.0 Å². The normalized spacial score (nSPS) is 43.2. The van der Waals surface area contributed by atoms with E-state index < -0.39 is 136 Å². The van der Waals surface area contributed by atoms with Gasteiger partial charge in [0.05, 0.1) is 26.4 Å². The molecule has 348 valence electrons. The summed E-state index contributed by atoms with van der Waals surface area (Å²) in [4.78, 5) is 0. The highest BCUT2D eigenvalue weighted by Gasteiger charge is 2.57. The highest BCUT2D eigenvalue weighted by molar-refractivity contribution is 4.99. The van der Waals surface area contributed by atoms with Gasteiger partial charge in [0.1, 0.15) is 97.7 Å². The summed E-state index contributed by atoms with van der Waals surface area (Å²) in [5.41, 5.74) is 0. The maximum Gasteiger partial charge on any atom is 0.187 e. The van der Waals surface area contributed by atoms with E-state index in [1.807, 2.05) is 27.7 Å². The summed E-state index contributed by atoms with van der Waals surface area (Å²) in [7, 11) is 0. The molecule has 4 rings (SSSR count). The molecule has 20 atom stereocenters. The fourth-order valence-electron chi connectivity index (χ4n) is 7.71. The van der Waals surface area contributed by atoms with E-state index in [1.165, 1.54) is 0 Å². The van der Waals surface area contributed by atoms with E-state index in [9.17, 15) is 35.7 Å². The van der Waals surface area contributed by atoms with Crippen LogP contribution in [0.3, 0.4) is 0 Å². The number of hydrogen-bond donors (Lipinski definition) is 7. The predicted molar refractivity (Wildman–Crippen MR) is 200 cm³/mol. The molecule has 0 aromatic rings. The minimum atomic E-state index is -1.83. The molecule has 0 aliphatic carbocycles. The second-order valence-corrected chi connectivity index (χ2v) is 14.2. The van der Waals surface area contributed by atoms with E-state index in [2.05, 4.69) is 0 Å². The third kappa shape index (κ3) is 12.5. The first-order valence-corrected chi connectivity index (χ1v) is 20.9. The Balaban J connectivity index is 1.63. The van der Waals surface area contributed by atoms with Crippen LogP contribution in [-0.2, 0) is 66.3 Å². The first-order chi connectivity index (χ1) is 28.5. The zero-order valence-electron chi connectivity index (χ0n) is 35.2. The average Bonchev–Trinajstić information content (AvgIpc) is 3.23. The van der Waals surface area contributed by atoms with E-state index in [-0.39, 0.29) is 26.4 Å². The van der Waals surface area contributed by atoms with Crippen LogP contribution in [0.1, 0.15) is 48.5 Å². The van der Waals surface area contributed by atoms with Crippen LogP contribution in [-0.4, -0.2) is 231 Å². The Bertz CT molecular complexity index is 1140. The van der Waals surface area contributed by atoms with Crippen LogP contribution in [0.25, 0.3) is 0 Å². The lowest BCUT2D eigenvalue weighted by atomic mass is 9.95. The molecule has 0 bridgehead atoms. The largest absolute Gasteiger partial charge is 0.394 e. The predicted octanol–water partition coefficient (Wildman–Crippen LogP) is -2.44. The van der Waals surface area contributed by atoms with E-state index in [4.69, 9.17) is 66.3 Å². The summed E-state index contributed by atoms with van der Waals surface area (Å²) in [5.74, 6) is 0. The van der Waals surface area contributed by atoms with Gasteiger partial charge in [-0.1, -0.05) is 0 Å². The lowest BCUT2D eigenvalue weighted by Gasteiger charge is -2.51. The van der Waals surface area contributed by atoms with Crippen LogP contribution < -0.4 is 0 Å². The molecule has 4 saturated heterocycles. The molecule has 4 aliphatic heterocycles. The maximum atomic E-state index is 11.4. The number of aliphatic hydroxyl groups excluding tert-OH is 7. The van der Waals surface area contributed by atoms with Crippen molar-refractivity contribution in [1.29, 1.82) is 0 Å².